The highest BCUT2D eigenvalue weighted by Gasteiger charge is 2.27. The van der Waals surface area contributed by atoms with Gasteiger partial charge in [0.15, 0.2) is 0 Å². The normalized spacial score (nSPS) is 22.5. The van der Waals surface area contributed by atoms with E-state index in [0.717, 1.165) is 73.8 Å². The van der Waals surface area contributed by atoms with E-state index in [1.165, 1.54) is 0 Å². The van der Waals surface area contributed by atoms with Crippen LogP contribution in [0.1, 0.15) is 54.8 Å². The van der Waals surface area contributed by atoms with Crippen LogP contribution in [0.3, 0.4) is 0 Å². The fourth-order valence-electron chi connectivity index (χ4n) is 4.21. The van der Waals surface area contributed by atoms with E-state index in [9.17, 15) is 4.79 Å². The van der Waals surface area contributed by atoms with E-state index in [4.69, 9.17) is 4.74 Å². The molecule has 0 aliphatic carbocycles. The largest absolute Gasteiger partial charge is 0.377 e. The predicted molar refractivity (Wildman–Crippen MR) is 112 cm³/mol. The Bertz CT molecular complexity index is 801. The molecule has 2 fully saturated rings. The standard InChI is InChI=1S/C22H29N3O2S/c1-2-21-23-11-13-25(21)17-7-5-12-24(15-17)22(26)19-9-3-4-10-20(19)28-16-18-8-6-14-27-18/h3-4,9-11,13,17-18H,2,5-8,12,14-16H2,1H3. The molecule has 2 atom stereocenters. The molecule has 2 unspecified atom stereocenters. The van der Waals surface area contributed by atoms with Gasteiger partial charge in [0.05, 0.1) is 17.7 Å². The zero-order chi connectivity index (χ0) is 19.3. The number of hydrogen-bond acceptors (Lipinski definition) is 4. The van der Waals surface area contributed by atoms with Gasteiger partial charge in [0.2, 0.25) is 0 Å². The summed E-state index contributed by atoms with van der Waals surface area (Å²) in [4.78, 5) is 20.9. The van der Waals surface area contributed by atoms with Crippen molar-refractivity contribution in [3.63, 3.8) is 0 Å². The number of carbonyl (C=O) groups is 1. The third kappa shape index (κ3) is 4.28. The molecule has 6 heteroatoms. The van der Waals surface area contributed by atoms with Gasteiger partial charge in [-0.3, -0.25) is 4.79 Å². The second-order valence-electron chi connectivity index (χ2n) is 7.59. The average molecular weight is 400 g/mol. The lowest BCUT2D eigenvalue weighted by Crippen LogP contribution is -2.41. The van der Waals surface area contributed by atoms with Gasteiger partial charge in [-0.1, -0.05) is 19.1 Å². The molecular formula is C22H29N3O2S. The molecule has 28 heavy (non-hydrogen) atoms. The fourth-order valence-corrected chi connectivity index (χ4v) is 5.33. The first-order valence-corrected chi connectivity index (χ1v) is 11.4. The first-order chi connectivity index (χ1) is 13.8. The third-order valence-electron chi connectivity index (χ3n) is 5.71. The number of hydrogen-bond donors (Lipinski definition) is 0. The fraction of sp³-hybridized carbons (Fsp3) is 0.545. The van der Waals surface area contributed by atoms with Gasteiger partial charge >= 0.3 is 0 Å². The third-order valence-corrected chi connectivity index (χ3v) is 6.91. The van der Waals surface area contributed by atoms with Crippen molar-refractivity contribution >= 4 is 17.7 Å². The minimum atomic E-state index is 0.151. The average Bonchev–Trinajstić information content (AvgIpc) is 3.43. The van der Waals surface area contributed by atoms with Crippen LogP contribution in [0.5, 0.6) is 0 Å². The lowest BCUT2D eigenvalue weighted by atomic mass is 10.0. The highest BCUT2D eigenvalue weighted by Crippen LogP contribution is 2.30. The van der Waals surface area contributed by atoms with E-state index in [1.807, 2.05) is 29.3 Å². The Morgan fingerprint density at radius 2 is 2.18 bits per heavy atom. The zero-order valence-corrected chi connectivity index (χ0v) is 17.4. The molecule has 1 amide bonds. The number of benzene rings is 1. The van der Waals surface area contributed by atoms with E-state index < -0.39 is 0 Å². The Hall–Kier alpha value is -1.79. The predicted octanol–water partition coefficient (Wildman–Crippen LogP) is 4.19. The maximum absolute atomic E-state index is 13.3. The number of likely N-dealkylation sites (tertiary alicyclic amines) is 1. The maximum atomic E-state index is 13.3. The number of carbonyl (C=O) groups excluding carboxylic acids is 1. The number of piperidine rings is 1. The Morgan fingerprint density at radius 1 is 1.29 bits per heavy atom. The molecule has 0 saturated carbocycles. The van der Waals surface area contributed by atoms with E-state index in [-0.39, 0.29) is 5.91 Å². The lowest BCUT2D eigenvalue weighted by Gasteiger charge is -2.34. The topological polar surface area (TPSA) is 47.4 Å². The number of nitrogens with zero attached hydrogens (tertiary/aromatic N) is 3. The molecule has 0 spiro atoms. The quantitative estimate of drug-likeness (QED) is 0.683. The minimum absolute atomic E-state index is 0.151. The molecule has 0 N–H and O–H groups in total. The molecular weight excluding hydrogens is 370 g/mol. The SMILES string of the molecule is CCc1nccn1C1CCCN(C(=O)c2ccccc2SCC2CCCO2)C1. The van der Waals surface area contributed by atoms with Gasteiger partial charge < -0.3 is 14.2 Å². The summed E-state index contributed by atoms with van der Waals surface area (Å²) in [7, 11) is 0. The van der Waals surface area contributed by atoms with Gasteiger partial charge in [0.25, 0.3) is 5.91 Å². The number of ether oxygens (including phenoxy) is 1. The van der Waals surface area contributed by atoms with E-state index in [1.54, 1.807) is 11.8 Å². The molecule has 5 nitrogen and oxygen atoms in total. The number of aryl methyl sites for hydroxylation is 1. The Balaban J connectivity index is 1.46. The Labute approximate surface area is 171 Å². The van der Waals surface area contributed by atoms with Crippen LogP contribution in [-0.4, -0.2) is 51.9 Å². The Morgan fingerprint density at radius 3 is 3.00 bits per heavy atom. The molecule has 150 valence electrons. The summed E-state index contributed by atoms with van der Waals surface area (Å²) in [5, 5.41) is 0. The van der Waals surface area contributed by atoms with Crippen LogP contribution in [0.4, 0.5) is 0 Å². The number of imidazole rings is 1. The smallest absolute Gasteiger partial charge is 0.255 e. The van der Waals surface area contributed by atoms with Crippen molar-refractivity contribution in [2.75, 3.05) is 25.4 Å². The van der Waals surface area contributed by atoms with Crippen molar-refractivity contribution in [1.82, 2.24) is 14.5 Å². The zero-order valence-electron chi connectivity index (χ0n) is 16.5. The van der Waals surface area contributed by atoms with Crippen LogP contribution in [0.2, 0.25) is 0 Å². The highest BCUT2D eigenvalue weighted by atomic mass is 32.2. The monoisotopic (exact) mass is 399 g/mol. The van der Waals surface area contributed by atoms with Crippen molar-refractivity contribution in [1.29, 1.82) is 0 Å². The number of rotatable bonds is 6. The summed E-state index contributed by atoms with van der Waals surface area (Å²) in [6.07, 6.45) is 9.57. The van der Waals surface area contributed by atoms with Gasteiger partial charge in [0, 0.05) is 49.2 Å². The second-order valence-corrected chi connectivity index (χ2v) is 8.66. The van der Waals surface area contributed by atoms with Crippen molar-refractivity contribution < 1.29 is 9.53 Å². The van der Waals surface area contributed by atoms with Crippen molar-refractivity contribution in [2.45, 2.75) is 56.1 Å². The van der Waals surface area contributed by atoms with Gasteiger partial charge in [-0.2, -0.15) is 0 Å². The van der Waals surface area contributed by atoms with Gasteiger partial charge in [0.1, 0.15) is 5.82 Å². The molecule has 2 saturated heterocycles. The molecule has 4 rings (SSSR count). The maximum Gasteiger partial charge on any atom is 0.255 e. The number of amides is 1. The van der Waals surface area contributed by atoms with E-state index >= 15 is 0 Å². The molecule has 3 heterocycles. The van der Waals surface area contributed by atoms with E-state index in [2.05, 4.69) is 28.7 Å². The van der Waals surface area contributed by atoms with Crippen molar-refractivity contribution in [3.05, 3.63) is 48.0 Å². The molecule has 0 bridgehead atoms. The van der Waals surface area contributed by atoms with Crippen LogP contribution in [0.25, 0.3) is 0 Å². The van der Waals surface area contributed by atoms with Crippen molar-refractivity contribution in [3.8, 4) is 0 Å². The van der Waals surface area contributed by atoms with Gasteiger partial charge in [-0.05, 0) is 37.8 Å². The summed E-state index contributed by atoms with van der Waals surface area (Å²) >= 11 is 1.75. The summed E-state index contributed by atoms with van der Waals surface area (Å²) in [6.45, 7) is 4.59. The minimum Gasteiger partial charge on any atom is -0.377 e. The first kappa shape index (κ1) is 19.5. The lowest BCUT2D eigenvalue weighted by molar-refractivity contribution is 0.0674. The molecule has 2 aliphatic heterocycles. The second kappa shape index (κ2) is 9.14. The van der Waals surface area contributed by atoms with Crippen molar-refractivity contribution in [2.24, 2.45) is 0 Å². The van der Waals surface area contributed by atoms with Crippen LogP contribution >= 0.6 is 11.8 Å². The summed E-state index contributed by atoms with van der Waals surface area (Å²) in [5.74, 6) is 2.17. The number of thioether (sulfide) groups is 1. The summed E-state index contributed by atoms with van der Waals surface area (Å²) < 4.78 is 8.01. The molecule has 0 radical (unpaired) electrons. The Kier molecular flexibility index (Phi) is 6.37. The summed E-state index contributed by atoms with van der Waals surface area (Å²) in [6, 6.07) is 8.35. The number of aromatic nitrogens is 2. The van der Waals surface area contributed by atoms with Crippen LogP contribution < -0.4 is 0 Å². The molecule has 1 aromatic carbocycles. The first-order valence-electron chi connectivity index (χ1n) is 10.4. The van der Waals surface area contributed by atoms with E-state index in [0.29, 0.717) is 12.1 Å². The van der Waals surface area contributed by atoms with Crippen LogP contribution in [0.15, 0.2) is 41.6 Å². The molecule has 2 aliphatic rings. The highest BCUT2D eigenvalue weighted by molar-refractivity contribution is 7.99. The van der Waals surface area contributed by atoms with Gasteiger partial charge in [-0.25, -0.2) is 4.98 Å². The summed E-state index contributed by atoms with van der Waals surface area (Å²) in [5.41, 5.74) is 0.826. The van der Waals surface area contributed by atoms with Crippen LogP contribution in [0, 0.1) is 0 Å². The van der Waals surface area contributed by atoms with Gasteiger partial charge in [-0.15, -0.1) is 11.8 Å². The molecule has 2 aromatic rings. The van der Waals surface area contributed by atoms with Crippen LogP contribution in [-0.2, 0) is 11.2 Å². The molecule has 1 aromatic heterocycles.